The Hall–Kier alpha value is -1.00. The Morgan fingerprint density at radius 3 is 2.60 bits per heavy atom. The second-order valence-corrected chi connectivity index (χ2v) is 3.77. The summed E-state index contributed by atoms with van der Waals surface area (Å²) in [5, 5.41) is 3.41. The van der Waals surface area contributed by atoms with Crippen LogP contribution in [-0.4, -0.2) is 29.7 Å². The Morgan fingerprint density at radius 2 is 2.00 bits per heavy atom. The molecule has 0 saturated heterocycles. The first-order valence-corrected chi connectivity index (χ1v) is 5.17. The number of methoxy groups -OCH3 is 1. The van der Waals surface area contributed by atoms with Gasteiger partial charge in [-0.15, -0.1) is 0 Å². The lowest BCUT2D eigenvalue weighted by Gasteiger charge is -2.19. The van der Waals surface area contributed by atoms with E-state index in [4.69, 9.17) is 4.74 Å². The monoisotopic (exact) mass is 209 g/mol. The highest BCUT2D eigenvalue weighted by Gasteiger charge is 2.12. The summed E-state index contributed by atoms with van der Waals surface area (Å²) in [4.78, 5) is 8.55. The van der Waals surface area contributed by atoms with Gasteiger partial charge in [-0.05, 0) is 20.8 Å². The minimum absolute atomic E-state index is 0.198. The fraction of sp³-hybridized carbons (Fsp3) is 0.636. The molecule has 1 heterocycles. The molecule has 84 valence electrons. The first-order valence-electron chi connectivity index (χ1n) is 5.17. The largest absolute Gasteiger partial charge is 0.383 e. The summed E-state index contributed by atoms with van der Waals surface area (Å²) in [5.74, 6) is 0. The number of aryl methyl sites for hydroxylation is 1. The van der Waals surface area contributed by atoms with E-state index in [1.54, 1.807) is 19.5 Å². The van der Waals surface area contributed by atoms with E-state index in [9.17, 15) is 0 Å². The standard InChI is InChI=1S/C11H19N3O/c1-8(7-15-4)14-10(3)11-9(2)12-5-6-13-11/h5-6,8,10,14H,7H2,1-4H3. The summed E-state index contributed by atoms with van der Waals surface area (Å²) in [6.07, 6.45) is 3.44. The number of ether oxygens (including phenoxy) is 1. The van der Waals surface area contributed by atoms with E-state index in [1.807, 2.05) is 6.92 Å². The van der Waals surface area contributed by atoms with E-state index < -0.39 is 0 Å². The maximum Gasteiger partial charge on any atom is 0.0782 e. The van der Waals surface area contributed by atoms with Gasteiger partial charge < -0.3 is 10.1 Å². The Kier molecular flexibility index (Phi) is 4.65. The first kappa shape index (κ1) is 12.1. The predicted octanol–water partition coefficient (Wildman–Crippen LogP) is 1.47. The van der Waals surface area contributed by atoms with E-state index in [1.165, 1.54) is 0 Å². The van der Waals surface area contributed by atoms with Crippen molar-refractivity contribution < 1.29 is 4.74 Å². The van der Waals surface area contributed by atoms with Crippen molar-refractivity contribution in [3.8, 4) is 0 Å². The van der Waals surface area contributed by atoms with E-state index >= 15 is 0 Å². The van der Waals surface area contributed by atoms with Crippen molar-refractivity contribution in [2.24, 2.45) is 0 Å². The third kappa shape index (κ3) is 3.57. The molecular weight excluding hydrogens is 190 g/mol. The molecule has 0 saturated carbocycles. The molecule has 0 radical (unpaired) electrons. The lowest BCUT2D eigenvalue weighted by molar-refractivity contribution is 0.167. The molecule has 0 aromatic carbocycles. The molecule has 0 amide bonds. The van der Waals surface area contributed by atoms with Gasteiger partial charge >= 0.3 is 0 Å². The molecule has 0 fully saturated rings. The molecule has 1 aromatic rings. The van der Waals surface area contributed by atoms with Crippen LogP contribution >= 0.6 is 0 Å². The first-order chi connectivity index (χ1) is 7.15. The third-order valence-corrected chi connectivity index (χ3v) is 2.28. The summed E-state index contributed by atoms with van der Waals surface area (Å²) < 4.78 is 5.07. The summed E-state index contributed by atoms with van der Waals surface area (Å²) in [5.41, 5.74) is 1.97. The van der Waals surface area contributed by atoms with Gasteiger partial charge in [0.1, 0.15) is 0 Å². The Labute approximate surface area is 91.1 Å². The Balaban J connectivity index is 2.61. The van der Waals surface area contributed by atoms with Crippen LogP contribution < -0.4 is 5.32 Å². The molecule has 4 nitrogen and oxygen atoms in total. The van der Waals surface area contributed by atoms with Gasteiger partial charge in [-0.1, -0.05) is 0 Å². The van der Waals surface area contributed by atoms with Crippen molar-refractivity contribution in [2.75, 3.05) is 13.7 Å². The Bertz CT molecular complexity index is 304. The van der Waals surface area contributed by atoms with Crippen molar-refractivity contribution in [1.29, 1.82) is 0 Å². The van der Waals surface area contributed by atoms with Gasteiger partial charge in [0.05, 0.1) is 18.0 Å². The van der Waals surface area contributed by atoms with Gasteiger partial charge in [0, 0.05) is 31.6 Å². The van der Waals surface area contributed by atoms with Crippen molar-refractivity contribution >= 4 is 0 Å². The molecule has 2 atom stereocenters. The number of aromatic nitrogens is 2. The van der Waals surface area contributed by atoms with E-state index in [2.05, 4.69) is 29.1 Å². The minimum Gasteiger partial charge on any atom is -0.383 e. The maximum absolute atomic E-state index is 5.07. The van der Waals surface area contributed by atoms with Gasteiger partial charge in [0.25, 0.3) is 0 Å². The molecule has 0 spiro atoms. The quantitative estimate of drug-likeness (QED) is 0.797. The highest BCUT2D eigenvalue weighted by atomic mass is 16.5. The number of hydrogen-bond donors (Lipinski definition) is 1. The molecule has 2 unspecified atom stereocenters. The van der Waals surface area contributed by atoms with Crippen molar-refractivity contribution in [3.63, 3.8) is 0 Å². The molecule has 0 aliphatic heterocycles. The number of nitrogens with zero attached hydrogens (tertiary/aromatic N) is 2. The molecule has 4 heteroatoms. The van der Waals surface area contributed by atoms with Crippen molar-refractivity contribution in [3.05, 3.63) is 23.8 Å². The van der Waals surface area contributed by atoms with Crippen molar-refractivity contribution in [2.45, 2.75) is 32.9 Å². The van der Waals surface area contributed by atoms with Crippen LogP contribution in [0.25, 0.3) is 0 Å². The van der Waals surface area contributed by atoms with Crippen LogP contribution in [0.4, 0.5) is 0 Å². The second kappa shape index (κ2) is 5.78. The average Bonchev–Trinajstić information content (AvgIpc) is 2.18. The van der Waals surface area contributed by atoms with Gasteiger partial charge in [-0.3, -0.25) is 9.97 Å². The zero-order valence-electron chi connectivity index (χ0n) is 9.82. The zero-order chi connectivity index (χ0) is 11.3. The fourth-order valence-electron chi connectivity index (χ4n) is 1.65. The van der Waals surface area contributed by atoms with Crippen LogP contribution in [0.3, 0.4) is 0 Å². The molecule has 0 aliphatic rings. The van der Waals surface area contributed by atoms with Crippen LogP contribution in [0.1, 0.15) is 31.3 Å². The lowest BCUT2D eigenvalue weighted by Crippen LogP contribution is -2.33. The molecule has 1 rings (SSSR count). The molecule has 1 N–H and O–H groups in total. The smallest absolute Gasteiger partial charge is 0.0782 e. The van der Waals surface area contributed by atoms with Crippen LogP contribution in [0, 0.1) is 6.92 Å². The second-order valence-electron chi connectivity index (χ2n) is 3.77. The molecule has 0 aliphatic carbocycles. The number of hydrogen-bond acceptors (Lipinski definition) is 4. The topological polar surface area (TPSA) is 47.0 Å². The summed E-state index contributed by atoms with van der Waals surface area (Å²) in [6.45, 7) is 6.85. The zero-order valence-corrected chi connectivity index (χ0v) is 9.82. The molecule has 15 heavy (non-hydrogen) atoms. The van der Waals surface area contributed by atoms with E-state index in [-0.39, 0.29) is 6.04 Å². The third-order valence-electron chi connectivity index (χ3n) is 2.28. The summed E-state index contributed by atoms with van der Waals surface area (Å²) in [6, 6.07) is 0.509. The van der Waals surface area contributed by atoms with E-state index in [0.717, 1.165) is 11.4 Å². The highest BCUT2D eigenvalue weighted by molar-refractivity contribution is 5.12. The molecule has 1 aromatic heterocycles. The van der Waals surface area contributed by atoms with Gasteiger partial charge in [-0.25, -0.2) is 0 Å². The van der Waals surface area contributed by atoms with Gasteiger partial charge in [0.2, 0.25) is 0 Å². The highest BCUT2D eigenvalue weighted by Crippen LogP contribution is 2.12. The summed E-state index contributed by atoms with van der Waals surface area (Å²) in [7, 11) is 1.70. The SMILES string of the molecule is COCC(C)NC(C)c1nccnc1C. The summed E-state index contributed by atoms with van der Waals surface area (Å²) >= 11 is 0. The van der Waals surface area contributed by atoms with E-state index in [0.29, 0.717) is 12.6 Å². The number of rotatable bonds is 5. The molecule has 0 bridgehead atoms. The fourth-order valence-corrected chi connectivity index (χ4v) is 1.65. The minimum atomic E-state index is 0.198. The van der Waals surface area contributed by atoms with Crippen LogP contribution in [0.15, 0.2) is 12.4 Å². The normalized spacial score (nSPS) is 14.9. The van der Waals surface area contributed by atoms with Gasteiger partial charge in [-0.2, -0.15) is 0 Å². The number of nitrogens with one attached hydrogen (secondary N) is 1. The molecular formula is C11H19N3O. The lowest BCUT2D eigenvalue weighted by atomic mass is 10.1. The van der Waals surface area contributed by atoms with Crippen LogP contribution in [0.2, 0.25) is 0 Å². The van der Waals surface area contributed by atoms with Crippen molar-refractivity contribution in [1.82, 2.24) is 15.3 Å². The maximum atomic E-state index is 5.07. The predicted molar refractivity (Wildman–Crippen MR) is 59.7 cm³/mol. The Morgan fingerprint density at radius 1 is 1.33 bits per heavy atom. The average molecular weight is 209 g/mol. The van der Waals surface area contributed by atoms with Crippen LogP contribution in [0.5, 0.6) is 0 Å². The van der Waals surface area contributed by atoms with Crippen LogP contribution in [-0.2, 0) is 4.74 Å². The van der Waals surface area contributed by atoms with Gasteiger partial charge in [0.15, 0.2) is 0 Å².